The number of hydroxylamine groups is 1. The number of hydrogen-bond acceptors (Lipinski definition) is 5. The average Bonchev–Trinajstić information content (AvgIpc) is 3.09. The van der Waals surface area contributed by atoms with E-state index < -0.39 is 35.5 Å². The van der Waals surface area contributed by atoms with E-state index in [0.717, 1.165) is 6.20 Å². The molecule has 0 unspecified atom stereocenters. The lowest BCUT2D eigenvalue weighted by molar-refractivity contribution is -0.141. The van der Waals surface area contributed by atoms with Gasteiger partial charge in [0.2, 0.25) is 5.91 Å². The fourth-order valence-corrected chi connectivity index (χ4v) is 2.17. The van der Waals surface area contributed by atoms with Gasteiger partial charge < -0.3 is 5.73 Å². The molecule has 7 nitrogen and oxygen atoms in total. The Balaban J connectivity index is 2.58. The molecule has 0 saturated heterocycles. The second kappa shape index (κ2) is 7.18. The van der Waals surface area contributed by atoms with Crippen molar-refractivity contribution in [1.29, 1.82) is 5.41 Å². The van der Waals surface area contributed by atoms with Crippen molar-refractivity contribution in [2.24, 2.45) is 5.73 Å². The molecule has 1 heterocycles. The first kappa shape index (κ1) is 18.2. The van der Waals surface area contributed by atoms with Gasteiger partial charge in [-0.2, -0.15) is 18.3 Å². The number of H-pyrrole nitrogens is 1. The van der Waals surface area contributed by atoms with Crippen molar-refractivity contribution in [3.05, 3.63) is 58.9 Å². The number of carbonyl (C=O) groups excluding carboxylic acids is 1. The molecule has 6 N–H and O–H groups in total. The zero-order valence-electron chi connectivity index (χ0n) is 12.7. The molecular weight excluding hydrogens is 339 g/mol. The van der Waals surface area contributed by atoms with E-state index in [1.54, 1.807) is 30.3 Å². The molecule has 0 saturated carbocycles. The highest BCUT2D eigenvalue weighted by Crippen LogP contribution is 2.33. The Hall–Kier alpha value is -3.14. The van der Waals surface area contributed by atoms with E-state index in [-0.39, 0.29) is 11.3 Å². The van der Waals surface area contributed by atoms with Crippen LogP contribution in [0, 0.1) is 5.41 Å². The number of rotatable bonds is 5. The summed E-state index contributed by atoms with van der Waals surface area (Å²) in [6.07, 6.45) is -4.46. The number of nitrogens with two attached hydrogens (primary N) is 1. The maximum atomic E-state index is 13.0. The van der Waals surface area contributed by atoms with Gasteiger partial charge in [-0.1, -0.05) is 30.3 Å². The lowest BCUT2D eigenvalue weighted by Crippen LogP contribution is -2.23. The van der Waals surface area contributed by atoms with Crippen LogP contribution in [-0.4, -0.2) is 27.0 Å². The minimum Gasteiger partial charge on any atom is -0.398 e. The molecule has 0 atom stereocenters. The van der Waals surface area contributed by atoms with Gasteiger partial charge in [0.15, 0.2) is 0 Å². The van der Waals surface area contributed by atoms with Crippen LogP contribution in [0.25, 0.3) is 5.70 Å². The number of halogens is 3. The zero-order chi connectivity index (χ0) is 18.6. The first-order valence-electron chi connectivity index (χ1n) is 6.92. The molecule has 2 rings (SSSR count). The largest absolute Gasteiger partial charge is 0.433 e. The van der Waals surface area contributed by atoms with Crippen molar-refractivity contribution in [2.45, 2.75) is 12.6 Å². The lowest BCUT2D eigenvalue weighted by Gasteiger charge is -2.14. The Labute approximate surface area is 139 Å². The van der Waals surface area contributed by atoms with E-state index in [2.05, 4.69) is 5.10 Å². The number of nitrogens with zero attached hydrogens (tertiary/aromatic N) is 1. The Morgan fingerprint density at radius 2 is 1.96 bits per heavy atom. The fraction of sp³-hybridized carbons (Fsp3) is 0.133. The number of aromatic amines is 1. The number of amides is 1. The smallest absolute Gasteiger partial charge is 0.398 e. The van der Waals surface area contributed by atoms with Gasteiger partial charge in [-0.15, -0.1) is 0 Å². The summed E-state index contributed by atoms with van der Waals surface area (Å²) in [4.78, 5) is 11.5. The summed E-state index contributed by atoms with van der Waals surface area (Å²) < 4.78 is 39.1. The molecule has 10 heteroatoms. The molecule has 2 aromatic rings. The molecule has 0 fully saturated rings. The Morgan fingerprint density at radius 1 is 1.32 bits per heavy atom. The van der Waals surface area contributed by atoms with Gasteiger partial charge >= 0.3 is 6.18 Å². The van der Waals surface area contributed by atoms with E-state index >= 15 is 0 Å². The lowest BCUT2D eigenvalue weighted by atomic mass is 9.95. The van der Waals surface area contributed by atoms with Gasteiger partial charge in [0.1, 0.15) is 5.69 Å². The van der Waals surface area contributed by atoms with Gasteiger partial charge in [0, 0.05) is 16.8 Å². The highest BCUT2D eigenvalue weighted by atomic mass is 19.4. The molecule has 25 heavy (non-hydrogen) atoms. The van der Waals surface area contributed by atoms with Crippen LogP contribution in [0.5, 0.6) is 0 Å². The number of alkyl halides is 3. The predicted molar refractivity (Wildman–Crippen MR) is 82.5 cm³/mol. The van der Waals surface area contributed by atoms with E-state index in [4.69, 9.17) is 16.4 Å². The maximum absolute atomic E-state index is 13.0. The van der Waals surface area contributed by atoms with Gasteiger partial charge in [-0.3, -0.25) is 20.5 Å². The van der Waals surface area contributed by atoms with E-state index in [0.29, 0.717) is 5.56 Å². The number of aromatic nitrogens is 2. The summed E-state index contributed by atoms with van der Waals surface area (Å²) in [5.41, 5.74) is 5.05. The average molecular weight is 353 g/mol. The highest BCUT2D eigenvalue weighted by Gasteiger charge is 2.37. The van der Waals surface area contributed by atoms with E-state index in [1.807, 2.05) is 5.10 Å². The third-order valence-electron chi connectivity index (χ3n) is 3.36. The first-order chi connectivity index (χ1) is 11.8. The van der Waals surface area contributed by atoms with Crippen LogP contribution < -0.4 is 11.2 Å². The molecule has 1 amide bonds. The third-order valence-corrected chi connectivity index (χ3v) is 3.36. The predicted octanol–water partition coefficient (Wildman–Crippen LogP) is 2.06. The van der Waals surface area contributed by atoms with E-state index in [9.17, 15) is 18.0 Å². The number of carbonyl (C=O) groups is 1. The van der Waals surface area contributed by atoms with Crippen molar-refractivity contribution in [1.82, 2.24) is 15.7 Å². The monoisotopic (exact) mass is 353 g/mol. The Kier molecular flexibility index (Phi) is 5.22. The van der Waals surface area contributed by atoms with Gasteiger partial charge in [0.25, 0.3) is 0 Å². The standard InChI is InChI=1S/C15H14F3N5O2/c16-15(17,18)14-10(7-21-22-14)13(20)9(6-11(24)23-25)12(19)8-4-2-1-3-5-8/h1-5,7,19,25H,6,20H2,(H,21,22)(H,23,24)/b13-9-,19-12?. The Morgan fingerprint density at radius 3 is 2.52 bits per heavy atom. The summed E-state index contributed by atoms with van der Waals surface area (Å²) >= 11 is 0. The van der Waals surface area contributed by atoms with E-state index in [1.165, 1.54) is 5.48 Å². The van der Waals surface area contributed by atoms with Crippen LogP contribution in [0.2, 0.25) is 0 Å². The van der Waals surface area contributed by atoms with Crippen LogP contribution in [0.15, 0.2) is 42.1 Å². The molecule has 0 spiro atoms. The first-order valence-corrected chi connectivity index (χ1v) is 6.92. The van der Waals surface area contributed by atoms with Gasteiger partial charge in [-0.25, -0.2) is 5.48 Å². The zero-order valence-corrected chi connectivity index (χ0v) is 12.7. The summed E-state index contributed by atoms with van der Waals surface area (Å²) in [5.74, 6) is -0.921. The van der Waals surface area contributed by atoms with Crippen molar-refractivity contribution < 1.29 is 23.2 Å². The molecule has 0 radical (unpaired) electrons. The second-order valence-corrected chi connectivity index (χ2v) is 5.00. The van der Waals surface area contributed by atoms with Crippen LogP contribution >= 0.6 is 0 Å². The van der Waals surface area contributed by atoms with Crippen LogP contribution in [0.1, 0.15) is 23.2 Å². The molecule has 0 aliphatic heterocycles. The molecule has 0 aliphatic carbocycles. The summed E-state index contributed by atoms with van der Waals surface area (Å²) in [6, 6.07) is 8.05. The van der Waals surface area contributed by atoms with Gasteiger partial charge in [0.05, 0.1) is 18.3 Å². The topological polar surface area (TPSA) is 128 Å². The Bertz CT molecular complexity index is 812. The van der Waals surface area contributed by atoms with Crippen LogP contribution in [-0.2, 0) is 11.0 Å². The SMILES string of the molecule is N=C(/C(CC(=O)NO)=C(\N)c1cn[nH]c1C(F)(F)F)c1ccccc1. The quantitative estimate of drug-likeness (QED) is 0.320. The number of nitrogens with one attached hydrogen (secondary N) is 3. The minimum absolute atomic E-state index is 0.176. The highest BCUT2D eigenvalue weighted by molar-refractivity contribution is 6.16. The molecule has 0 bridgehead atoms. The maximum Gasteiger partial charge on any atom is 0.433 e. The summed E-state index contributed by atoms with van der Waals surface area (Å²) in [5, 5.41) is 22.1. The second-order valence-electron chi connectivity index (χ2n) is 5.00. The fourth-order valence-electron chi connectivity index (χ4n) is 2.17. The molecule has 0 aliphatic rings. The third kappa shape index (κ3) is 4.04. The van der Waals surface area contributed by atoms with Crippen LogP contribution in [0.3, 0.4) is 0 Å². The molecule has 132 valence electrons. The number of hydrogen-bond donors (Lipinski definition) is 5. The van der Waals surface area contributed by atoms with Crippen molar-refractivity contribution in [3.8, 4) is 0 Å². The van der Waals surface area contributed by atoms with Crippen molar-refractivity contribution in [3.63, 3.8) is 0 Å². The molecule has 1 aromatic heterocycles. The van der Waals surface area contributed by atoms with Crippen LogP contribution in [0.4, 0.5) is 13.2 Å². The van der Waals surface area contributed by atoms with Crippen molar-refractivity contribution >= 4 is 17.3 Å². The number of benzene rings is 1. The van der Waals surface area contributed by atoms with Gasteiger partial charge in [-0.05, 0) is 5.56 Å². The summed E-state index contributed by atoms with van der Waals surface area (Å²) in [6.45, 7) is 0. The summed E-state index contributed by atoms with van der Waals surface area (Å²) in [7, 11) is 0. The molecular formula is C15H14F3N5O2. The normalized spacial score (nSPS) is 12.5. The van der Waals surface area contributed by atoms with Crippen molar-refractivity contribution in [2.75, 3.05) is 0 Å². The minimum atomic E-state index is -4.74. The molecule has 1 aromatic carbocycles.